The maximum absolute atomic E-state index is 10.6. The van der Waals surface area contributed by atoms with E-state index in [2.05, 4.69) is 0 Å². The van der Waals surface area contributed by atoms with E-state index in [1.54, 1.807) is 12.1 Å². The lowest BCUT2D eigenvalue weighted by Gasteiger charge is -2.15. The number of nitro groups is 1. The monoisotopic (exact) mass is 331 g/mol. The van der Waals surface area contributed by atoms with Crippen LogP contribution in [-0.2, 0) is 0 Å². The van der Waals surface area contributed by atoms with E-state index in [-0.39, 0.29) is 16.7 Å². The number of hydrogen-bond donors (Lipinski definition) is 0. The van der Waals surface area contributed by atoms with Crippen molar-refractivity contribution in [2.24, 2.45) is 0 Å². The molecule has 0 bridgehead atoms. The van der Waals surface area contributed by atoms with Crippen molar-refractivity contribution in [3.05, 3.63) is 50.7 Å². The van der Waals surface area contributed by atoms with E-state index in [0.717, 1.165) is 0 Å². The van der Waals surface area contributed by atoms with E-state index < -0.39 is 10.3 Å². The van der Waals surface area contributed by atoms with E-state index in [4.69, 9.17) is 37.1 Å². The van der Waals surface area contributed by atoms with Crippen LogP contribution in [0.3, 0.4) is 0 Å². The molecule has 0 saturated carbocycles. The summed E-state index contributed by atoms with van der Waals surface area (Å²) < 4.78 is 15.4. The third-order valence-electron chi connectivity index (χ3n) is 2.83. The fourth-order valence-electron chi connectivity index (χ4n) is 1.85. The van der Waals surface area contributed by atoms with Crippen molar-refractivity contribution in [3.63, 3.8) is 0 Å². The molecule has 6 nitrogen and oxygen atoms in total. The first-order chi connectivity index (χ1) is 9.99. The van der Waals surface area contributed by atoms with E-state index in [1.165, 1.54) is 26.4 Å². The van der Waals surface area contributed by atoms with Crippen LogP contribution in [0.5, 0.6) is 11.5 Å². The van der Waals surface area contributed by atoms with Crippen LogP contribution in [-0.4, -0.2) is 19.1 Å². The minimum absolute atomic E-state index is 0.225. The maximum atomic E-state index is 10.6. The van der Waals surface area contributed by atoms with Crippen molar-refractivity contribution >= 4 is 29.1 Å². The van der Waals surface area contributed by atoms with Crippen LogP contribution in [0.25, 0.3) is 0 Å². The average molecular weight is 332 g/mol. The highest BCUT2D eigenvalue weighted by atomic mass is 35.5. The molecule has 0 N–H and O–H groups in total. The summed E-state index contributed by atoms with van der Waals surface area (Å²) in [6.07, 6.45) is 0. The van der Waals surface area contributed by atoms with Crippen LogP contribution in [0.4, 0.5) is 5.88 Å². The van der Waals surface area contributed by atoms with Crippen LogP contribution in [0, 0.1) is 10.1 Å². The fraction of sp³-hybridized carbons (Fsp3) is 0.231. The van der Waals surface area contributed by atoms with Crippen LogP contribution in [0.15, 0.2) is 28.7 Å². The molecule has 1 unspecified atom stereocenters. The first-order valence-corrected chi connectivity index (χ1v) is 6.59. The number of alkyl halides is 1. The summed E-state index contributed by atoms with van der Waals surface area (Å²) in [5.74, 6) is 0.610. The third kappa shape index (κ3) is 2.91. The van der Waals surface area contributed by atoms with Crippen molar-refractivity contribution in [1.82, 2.24) is 0 Å². The van der Waals surface area contributed by atoms with Crippen molar-refractivity contribution in [2.45, 2.75) is 5.38 Å². The predicted octanol–water partition coefficient (Wildman–Crippen LogP) is 4.19. The van der Waals surface area contributed by atoms with Crippen molar-refractivity contribution < 1.29 is 18.8 Å². The van der Waals surface area contributed by atoms with Crippen LogP contribution in [0.2, 0.25) is 5.02 Å². The Hall–Kier alpha value is -1.92. The summed E-state index contributed by atoms with van der Waals surface area (Å²) in [4.78, 5) is 10.0. The zero-order chi connectivity index (χ0) is 15.6. The molecule has 0 aliphatic heterocycles. The summed E-state index contributed by atoms with van der Waals surface area (Å²) in [7, 11) is 2.92. The Morgan fingerprint density at radius 3 is 2.48 bits per heavy atom. The second-order valence-electron chi connectivity index (χ2n) is 4.00. The van der Waals surface area contributed by atoms with Gasteiger partial charge >= 0.3 is 5.88 Å². The molecular weight excluding hydrogens is 321 g/mol. The van der Waals surface area contributed by atoms with Gasteiger partial charge in [0.05, 0.1) is 20.3 Å². The molecule has 0 fully saturated rings. The average Bonchev–Trinajstić information content (AvgIpc) is 2.96. The zero-order valence-electron chi connectivity index (χ0n) is 11.1. The quantitative estimate of drug-likeness (QED) is 0.466. The third-order valence-corrected chi connectivity index (χ3v) is 3.64. The molecule has 0 spiro atoms. The van der Waals surface area contributed by atoms with E-state index >= 15 is 0 Å². The van der Waals surface area contributed by atoms with E-state index in [0.29, 0.717) is 17.1 Å². The van der Waals surface area contributed by atoms with Gasteiger partial charge in [-0.2, -0.15) is 0 Å². The smallest absolute Gasteiger partial charge is 0.433 e. The lowest BCUT2D eigenvalue weighted by atomic mass is 10.1. The summed E-state index contributed by atoms with van der Waals surface area (Å²) in [6, 6.07) is 5.97. The number of methoxy groups -OCH3 is 2. The molecule has 0 saturated heterocycles. The highest BCUT2D eigenvalue weighted by Gasteiger charge is 2.24. The molecule has 2 aromatic rings. The minimum atomic E-state index is -0.781. The number of rotatable bonds is 5. The molecule has 1 atom stereocenters. The predicted molar refractivity (Wildman–Crippen MR) is 77.6 cm³/mol. The van der Waals surface area contributed by atoms with Gasteiger partial charge in [-0.25, -0.2) is 0 Å². The van der Waals surface area contributed by atoms with Gasteiger partial charge in [-0.3, -0.25) is 10.1 Å². The second kappa shape index (κ2) is 6.24. The molecule has 0 radical (unpaired) electrons. The van der Waals surface area contributed by atoms with Gasteiger partial charge in [-0.1, -0.05) is 11.6 Å². The van der Waals surface area contributed by atoms with Crippen LogP contribution in [0.1, 0.15) is 16.7 Å². The van der Waals surface area contributed by atoms with Crippen LogP contribution >= 0.6 is 23.2 Å². The number of ether oxygens (including phenoxy) is 2. The van der Waals surface area contributed by atoms with Gasteiger partial charge in [0.15, 0.2) is 0 Å². The lowest BCUT2D eigenvalue weighted by Crippen LogP contribution is -1.99. The minimum Gasteiger partial charge on any atom is -0.495 e. The van der Waals surface area contributed by atoms with E-state index in [9.17, 15) is 10.1 Å². The Bertz CT molecular complexity index is 671. The van der Waals surface area contributed by atoms with Crippen molar-refractivity contribution in [2.75, 3.05) is 14.2 Å². The maximum Gasteiger partial charge on any atom is 0.433 e. The molecule has 112 valence electrons. The summed E-state index contributed by atoms with van der Waals surface area (Å²) in [6.45, 7) is 0. The molecule has 21 heavy (non-hydrogen) atoms. The Kier molecular flexibility index (Phi) is 4.59. The van der Waals surface area contributed by atoms with Crippen molar-refractivity contribution in [1.29, 1.82) is 0 Å². The van der Waals surface area contributed by atoms with Gasteiger partial charge in [0.25, 0.3) is 0 Å². The van der Waals surface area contributed by atoms with Gasteiger partial charge in [0, 0.05) is 5.56 Å². The number of halogens is 2. The zero-order valence-corrected chi connectivity index (χ0v) is 12.6. The standard InChI is InChI=1S/C13H11Cl2NO5/c1-19-8-4-3-7(13(20-2)12(8)15)11(14)9-5-6-10(21-9)16(17)18/h3-6,11H,1-2H3. The summed E-state index contributed by atoms with van der Waals surface area (Å²) >= 11 is 12.5. The SMILES string of the molecule is COc1ccc(C(Cl)c2ccc([N+](=O)[O-])o2)c(OC)c1Cl. The van der Waals surface area contributed by atoms with Gasteiger partial charge in [-0.15, -0.1) is 11.6 Å². The molecule has 1 aromatic carbocycles. The highest BCUT2D eigenvalue weighted by Crippen LogP contribution is 2.43. The number of nitrogens with zero attached hydrogens (tertiary/aromatic N) is 1. The first-order valence-electron chi connectivity index (χ1n) is 5.78. The molecule has 1 heterocycles. The molecule has 1 aromatic heterocycles. The van der Waals surface area contributed by atoms with Crippen molar-refractivity contribution in [3.8, 4) is 11.5 Å². The second-order valence-corrected chi connectivity index (χ2v) is 4.81. The van der Waals surface area contributed by atoms with Gasteiger partial charge in [-0.05, 0) is 18.2 Å². The van der Waals surface area contributed by atoms with Gasteiger partial charge in [0.2, 0.25) is 0 Å². The molecule has 0 aliphatic carbocycles. The number of furan rings is 1. The molecular formula is C13H11Cl2NO5. The Morgan fingerprint density at radius 1 is 1.24 bits per heavy atom. The molecule has 8 heteroatoms. The van der Waals surface area contributed by atoms with Gasteiger partial charge < -0.3 is 13.9 Å². The number of hydrogen-bond acceptors (Lipinski definition) is 5. The largest absolute Gasteiger partial charge is 0.495 e. The summed E-state index contributed by atoms with van der Waals surface area (Å²) in [5, 5.41) is 10.1. The number of benzene rings is 1. The highest BCUT2D eigenvalue weighted by molar-refractivity contribution is 6.34. The molecule has 0 aliphatic rings. The molecule has 0 amide bonds. The molecule has 2 rings (SSSR count). The van der Waals surface area contributed by atoms with E-state index in [1.807, 2.05) is 0 Å². The Balaban J connectivity index is 2.44. The normalized spacial score (nSPS) is 12.0. The fourth-order valence-corrected chi connectivity index (χ4v) is 2.46. The van der Waals surface area contributed by atoms with Gasteiger partial charge in [0.1, 0.15) is 32.6 Å². The Morgan fingerprint density at radius 2 is 1.95 bits per heavy atom. The first kappa shape index (κ1) is 15.5. The van der Waals surface area contributed by atoms with Crippen LogP contribution < -0.4 is 9.47 Å². The lowest BCUT2D eigenvalue weighted by molar-refractivity contribution is -0.402. The Labute approximate surface area is 130 Å². The summed E-state index contributed by atoms with van der Waals surface area (Å²) in [5.41, 5.74) is 0.522. The topological polar surface area (TPSA) is 74.7 Å².